The first-order valence-corrected chi connectivity index (χ1v) is 12.4. The molecular weight excluding hydrogens is 549 g/mol. The van der Waals surface area contributed by atoms with Gasteiger partial charge in [-0.3, -0.25) is 9.36 Å². The normalized spacial score (nSPS) is 11.0. The number of carbonyl (C=O) groups excluding carboxylic acids is 1. The Hall–Kier alpha value is -3.70. The summed E-state index contributed by atoms with van der Waals surface area (Å²) in [7, 11) is 3.14. The number of benzene rings is 3. The molecule has 0 radical (unpaired) electrons. The number of rotatable bonds is 9. The minimum absolute atomic E-state index is 0.0230. The summed E-state index contributed by atoms with van der Waals surface area (Å²) >= 11 is 4.48. The fraction of sp³-hybridized carbons (Fsp3) is 0.120. The molecule has 1 amide bonds. The van der Waals surface area contributed by atoms with E-state index in [0.29, 0.717) is 27.0 Å². The molecule has 0 fully saturated rings. The highest BCUT2D eigenvalue weighted by Crippen LogP contribution is 2.34. The summed E-state index contributed by atoms with van der Waals surface area (Å²) in [5.74, 6) is 0.946. The summed E-state index contributed by atoms with van der Waals surface area (Å²) in [5, 5.41) is 13.1. The maximum atomic E-state index is 13.8. The summed E-state index contributed by atoms with van der Waals surface area (Å²) in [5.41, 5.74) is 4.26. The van der Waals surface area contributed by atoms with Crippen molar-refractivity contribution in [3.05, 3.63) is 82.6 Å². The van der Waals surface area contributed by atoms with Crippen LogP contribution < -0.4 is 14.9 Å². The number of hydrogen-bond acceptors (Lipinski definition) is 7. The zero-order chi connectivity index (χ0) is 25.5. The monoisotopic (exact) mass is 569 g/mol. The molecule has 8 nitrogen and oxygen atoms in total. The molecule has 4 rings (SSSR count). The van der Waals surface area contributed by atoms with Gasteiger partial charge in [-0.1, -0.05) is 45.9 Å². The number of para-hydroxylation sites is 1. The Kier molecular flexibility index (Phi) is 8.34. The summed E-state index contributed by atoms with van der Waals surface area (Å²) in [6.45, 7) is 0. The van der Waals surface area contributed by atoms with Crippen molar-refractivity contribution in [3.63, 3.8) is 0 Å². The van der Waals surface area contributed by atoms with E-state index in [1.54, 1.807) is 32.4 Å². The minimum atomic E-state index is -0.441. The Balaban J connectivity index is 1.54. The van der Waals surface area contributed by atoms with Gasteiger partial charge < -0.3 is 9.47 Å². The lowest BCUT2D eigenvalue weighted by Crippen LogP contribution is -2.20. The van der Waals surface area contributed by atoms with Crippen LogP contribution in [0.15, 0.2) is 81.5 Å². The van der Waals surface area contributed by atoms with E-state index in [1.807, 2.05) is 47.0 Å². The third-order valence-electron chi connectivity index (χ3n) is 4.97. The molecule has 1 N–H and O–H groups in total. The van der Waals surface area contributed by atoms with E-state index in [4.69, 9.17) is 9.47 Å². The Labute approximate surface area is 219 Å². The highest BCUT2D eigenvalue weighted by atomic mass is 79.9. The van der Waals surface area contributed by atoms with E-state index in [9.17, 15) is 9.18 Å². The van der Waals surface area contributed by atoms with Gasteiger partial charge >= 0.3 is 0 Å². The van der Waals surface area contributed by atoms with Gasteiger partial charge in [0.15, 0.2) is 22.5 Å². The van der Waals surface area contributed by atoms with E-state index in [2.05, 4.69) is 36.7 Å². The molecular formula is C25H21BrFN5O3S. The van der Waals surface area contributed by atoms with E-state index in [-0.39, 0.29) is 17.2 Å². The van der Waals surface area contributed by atoms with Crippen LogP contribution in [-0.2, 0) is 4.79 Å². The molecule has 0 saturated heterocycles. The van der Waals surface area contributed by atoms with Crippen molar-refractivity contribution in [2.45, 2.75) is 5.16 Å². The summed E-state index contributed by atoms with van der Waals surface area (Å²) < 4.78 is 27.2. The number of aromatic nitrogens is 3. The zero-order valence-electron chi connectivity index (χ0n) is 19.3. The van der Waals surface area contributed by atoms with Crippen molar-refractivity contribution in [1.82, 2.24) is 20.2 Å². The first-order chi connectivity index (χ1) is 17.5. The van der Waals surface area contributed by atoms with Gasteiger partial charge in [0.1, 0.15) is 5.82 Å². The second-order valence-corrected chi connectivity index (χ2v) is 9.15. The van der Waals surface area contributed by atoms with Crippen molar-refractivity contribution in [2.75, 3.05) is 20.0 Å². The minimum Gasteiger partial charge on any atom is -0.493 e. The topological polar surface area (TPSA) is 90.6 Å². The van der Waals surface area contributed by atoms with Crippen LogP contribution in [0.25, 0.3) is 17.1 Å². The van der Waals surface area contributed by atoms with Crippen molar-refractivity contribution >= 4 is 39.8 Å². The number of nitrogens with zero attached hydrogens (tertiary/aromatic N) is 4. The number of ether oxygens (including phenoxy) is 2. The van der Waals surface area contributed by atoms with Crippen LogP contribution in [0, 0.1) is 5.82 Å². The number of thioether (sulfide) groups is 1. The van der Waals surface area contributed by atoms with Crippen molar-refractivity contribution in [2.24, 2.45) is 5.10 Å². The highest BCUT2D eigenvalue weighted by molar-refractivity contribution is 9.10. The predicted octanol–water partition coefficient (Wildman–Crippen LogP) is 5.10. The molecule has 0 spiro atoms. The van der Waals surface area contributed by atoms with Crippen LogP contribution >= 0.6 is 27.7 Å². The van der Waals surface area contributed by atoms with Crippen molar-refractivity contribution in [3.8, 4) is 28.6 Å². The van der Waals surface area contributed by atoms with Gasteiger partial charge in [-0.05, 0) is 48.5 Å². The van der Waals surface area contributed by atoms with Gasteiger partial charge in [0.2, 0.25) is 0 Å². The lowest BCUT2D eigenvalue weighted by molar-refractivity contribution is -0.118. The largest absolute Gasteiger partial charge is 0.493 e. The Morgan fingerprint density at radius 2 is 1.86 bits per heavy atom. The molecule has 0 aliphatic rings. The standard InChI is InChI=1S/C25H21BrFN5O3S/c1-34-21-11-8-16(13-22(21)35-2)24-30-31-25(32(24)19-6-4-3-5-7-19)36-15-23(33)29-28-14-17-12-18(26)9-10-20(17)27/h3-14H,15H2,1-2H3,(H,29,33). The summed E-state index contributed by atoms with van der Waals surface area (Å²) in [6, 6.07) is 19.5. The smallest absolute Gasteiger partial charge is 0.250 e. The molecule has 0 aliphatic carbocycles. The molecule has 4 aromatic rings. The van der Waals surface area contributed by atoms with Crippen LogP contribution in [-0.4, -0.2) is 46.9 Å². The lowest BCUT2D eigenvalue weighted by atomic mass is 10.2. The fourth-order valence-corrected chi connectivity index (χ4v) is 4.41. The molecule has 0 atom stereocenters. The SMILES string of the molecule is COc1ccc(-c2nnc(SCC(=O)NN=Cc3cc(Br)ccc3F)n2-c2ccccc2)cc1OC. The number of methoxy groups -OCH3 is 2. The average Bonchev–Trinajstić information content (AvgIpc) is 3.33. The van der Waals surface area contributed by atoms with Crippen LogP contribution in [0.4, 0.5) is 4.39 Å². The molecule has 1 heterocycles. The zero-order valence-corrected chi connectivity index (χ0v) is 21.7. The Morgan fingerprint density at radius 1 is 1.08 bits per heavy atom. The van der Waals surface area contributed by atoms with E-state index in [0.717, 1.165) is 11.3 Å². The number of carbonyl (C=O) groups is 1. The summed E-state index contributed by atoms with van der Waals surface area (Å²) in [4.78, 5) is 12.4. The maximum Gasteiger partial charge on any atom is 0.250 e. The molecule has 11 heteroatoms. The molecule has 36 heavy (non-hydrogen) atoms. The van der Waals surface area contributed by atoms with Gasteiger partial charge in [-0.2, -0.15) is 5.10 Å². The number of amides is 1. The molecule has 184 valence electrons. The number of hydrogen-bond donors (Lipinski definition) is 1. The van der Waals surface area contributed by atoms with Crippen LogP contribution in [0.1, 0.15) is 5.56 Å². The second kappa shape index (κ2) is 11.8. The lowest BCUT2D eigenvalue weighted by Gasteiger charge is -2.12. The second-order valence-electron chi connectivity index (χ2n) is 7.29. The summed E-state index contributed by atoms with van der Waals surface area (Å²) in [6.07, 6.45) is 1.25. The fourth-order valence-electron chi connectivity index (χ4n) is 3.29. The number of nitrogens with one attached hydrogen (secondary N) is 1. The van der Waals surface area contributed by atoms with E-state index in [1.165, 1.54) is 24.0 Å². The molecule has 3 aromatic carbocycles. The third kappa shape index (κ3) is 5.92. The maximum absolute atomic E-state index is 13.8. The molecule has 0 aliphatic heterocycles. The molecule has 1 aromatic heterocycles. The Bertz CT molecular complexity index is 1400. The van der Waals surface area contributed by atoms with Gasteiger partial charge in [0.05, 0.1) is 26.2 Å². The predicted molar refractivity (Wildman–Crippen MR) is 140 cm³/mol. The van der Waals surface area contributed by atoms with Crippen LogP contribution in [0.3, 0.4) is 0 Å². The molecule has 0 bridgehead atoms. The van der Waals surface area contributed by atoms with Gasteiger partial charge in [-0.25, -0.2) is 9.82 Å². The van der Waals surface area contributed by atoms with Crippen molar-refractivity contribution in [1.29, 1.82) is 0 Å². The Morgan fingerprint density at radius 3 is 2.61 bits per heavy atom. The highest BCUT2D eigenvalue weighted by Gasteiger charge is 2.18. The first kappa shape index (κ1) is 25.4. The third-order valence-corrected chi connectivity index (χ3v) is 6.39. The van der Waals surface area contributed by atoms with Gasteiger partial charge in [0.25, 0.3) is 5.91 Å². The van der Waals surface area contributed by atoms with Gasteiger partial charge in [-0.15, -0.1) is 10.2 Å². The average molecular weight is 570 g/mol. The van der Waals surface area contributed by atoms with Gasteiger partial charge in [0, 0.05) is 21.3 Å². The van der Waals surface area contributed by atoms with E-state index >= 15 is 0 Å². The number of hydrazone groups is 1. The first-order valence-electron chi connectivity index (χ1n) is 10.6. The van der Waals surface area contributed by atoms with Crippen molar-refractivity contribution < 1.29 is 18.7 Å². The van der Waals surface area contributed by atoms with Crippen LogP contribution in [0.2, 0.25) is 0 Å². The van der Waals surface area contributed by atoms with E-state index < -0.39 is 5.82 Å². The quantitative estimate of drug-likeness (QED) is 0.171. The molecule has 0 unspecified atom stereocenters. The number of halogens is 2. The molecule has 0 saturated carbocycles. The van der Waals surface area contributed by atoms with Crippen LogP contribution in [0.5, 0.6) is 11.5 Å².